The fraction of sp³-hybridized carbons (Fsp3) is 0.500. The van der Waals surface area contributed by atoms with Gasteiger partial charge in [-0.15, -0.1) is 0 Å². The van der Waals surface area contributed by atoms with Gasteiger partial charge in [0.1, 0.15) is 12.1 Å². The Morgan fingerprint density at radius 1 is 0.925 bits per heavy atom. The fourth-order valence-corrected chi connectivity index (χ4v) is 6.83. The summed E-state index contributed by atoms with van der Waals surface area (Å²) in [4.78, 5) is 58.5. The van der Waals surface area contributed by atoms with Gasteiger partial charge >= 0.3 is 6.03 Å². The molecule has 2 saturated carbocycles. The Balaban J connectivity index is 1.32. The minimum Gasteiger partial charge on any atom is -0.339 e. The number of para-hydroxylation sites is 1. The van der Waals surface area contributed by atoms with Gasteiger partial charge in [0.25, 0.3) is 11.8 Å². The first-order valence-electron chi connectivity index (χ1n) is 14.6. The molecule has 3 fully saturated rings. The molecular weight excluding hydrogens is 504 g/mol. The molecular formula is C32H40N4O4. The van der Waals surface area contributed by atoms with Crippen molar-refractivity contribution in [1.29, 1.82) is 0 Å². The minimum atomic E-state index is -0.935. The predicted molar refractivity (Wildman–Crippen MR) is 155 cm³/mol. The summed E-state index contributed by atoms with van der Waals surface area (Å²) in [5.74, 6) is -0.744. The first-order valence-corrected chi connectivity index (χ1v) is 14.6. The molecule has 40 heavy (non-hydrogen) atoms. The van der Waals surface area contributed by atoms with Crippen LogP contribution in [-0.2, 0) is 9.59 Å². The van der Waals surface area contributed by atoms with Gasteiger partial charge < -0.3 is 10.2 Å². The van der Waals surface area contributed by atoms with E-state index in [0.717, 1.165) is 61.0 Å². The van der Waals surface area contributed by atoms with Crippen molar-refractivity contribution in [1.82, 2.24) is 9.80 Å². The average molecular weight is 545 g/mol. The predicted octanol–water partition coefficient (Wildman–Crippen LogP) is 5.82. The molecule has 0 bridgehead atoms. The summed E-state index contributed by atoms with van der Waals surface area (Å²) in [6.45, 7) is 3.37. The number of rotatable bonds is 6. The van der Waals surface area contributed by atoms with Crippen LogP contribution in [0.25, 0.3) is 0 Å². The van der Waals surface area contributed by atoms with Gasteiger partial charge in [-0.25, -0.2) is 4.79 Å². The molecule has 5 rings (SSSR count). The number of nitrogens with one attached hydrogen (secondary N) is 1. The minimum absolute atomic E-state index is 0.0111. The van der Waals surface area contributed by atoms with Crippen LogP contribution < -0.4 is 10.2 Å². The molecule has 3 aliphatic rings. The van der Waals surface area contributed by atoms with Crippen molar-refractivity contribution in [3.05, 3.63) is 59.2 Å². The van der Waals surface area contributed by atoms with Crippen LogP contribution in [0, 0.1) is 13.8 Å². The van der Waals surface area contributed by atoms with Crippen LogP contribution in [0.2, 0.25) is 0 Å². The number of amides is 5. The first-order chi connectivity index (χ1) is 19.2. The molecule has 1 N–H and O–H groups in total. The lowest BCUT2D eigenvalue weighted by Crippen LogP contribution is -2.51. The largest absolute Gasteiger partial charge is 0.339 e. The van der Waals surface area contributed by atoms with E-state index in [-0.39, 0.29) is 24.4 Å². The summed E-state index contributed by atoms with van der Waals surface area (Å²) in [7, 11) is 1.88. The third-order valence-electron chi connectivity index (χ3n) is 8.98. The van der Waals surface area contributed by atoms with E-state index in [2.05, 4.69) is 5.32 Å². The highest BCUT2D eigenvalue weighted by Crippen LogP contribution is 2.43. The quantitative estimate of drug-likeness (QED) is 0.464. The topological polar surface area (TPSA) is 90.0 Å². The second-order valence-corrected chi connectivity index (χ2v) is 11.7. The van der Waals surface area contributed by atoms with Crippen molar-refractivity contribution in [2.45, 2.75) is 89.6 Å². The highest BCUT2D eigenvalue weighted by atomic mass is 16.2. The van der Waals surface area contributed by atoms with Crippen molar-refractivity contribution >= 4 is 35.1 Å². The Morgan fingerprint density at radius 2 is 1.52 bits per heavy atom. The van der Waals surface area contributed by atoms with Crippen LogP contribution in [0.4, 0.5) is 16.2 Å². The number of carbonyl (C=O) groups excluding carboxylic acids is 4. The number of imide groups is 1. The Labute approximate surface area is 236 Å². The lowest BCUT2D eigenvalue weighted by atomic mass is 9.80. The van der Waals surface area contributed by atoms with Gasteiger partial charge in [-0.1, -0.05) is 56.7 Å². The SMILES string of the molecule is Cc1cc(C(=O)N(C)C2CCCCC2)cc(C)c1NC(=O)CN1C(=O)N(c2ccccc2)C2(CCCCC2)C1=O. The Bertz CT molecular complexity index is 1270. The summed E-state index contributed by atoms with van der Waals surface area (Å²) >= 11 is 0. The van der Waals surface area contributed by atoms with Gasteiger partial charge in [0.05, 0.1) is 0 Å². The first kappa shape index (κ1) is 27.9. The number of hydrogen-bond donors (Lipinski definition) is 1. The summed E-state index contributed by atoms with van der Waals surface area (Å²) in [6, 6.07) is 12.7. The monoisotopic (exact) mass is 544 g/mol. The standard InChI is InChI=1S/C32H40N4O4/c1-22-19-24(29(38)34(3)25-13-7-4-8-14-25)20-23(2)28(22)33-27(37)21-35-30(39)32(17-11-6-12-18-32)36(31(35)40)26-15-9-5-10-16-26/h5,9-10,15-16,19-20,25H,4,6-8,11-14,17-18,21H2,1-3H3,(H,33,37). The van der Waals surface area contributed by atoms with Crippen molar-refractivity contribution in [2.75, 3.05) is 23.8 Å². The van der Waals surface area contributed by atoms with Gasteiger partial charge in [0.15, 0.2) is 0 Å². The molecule has 8 heteroatoms. The molecule has 0 aromatic heterocycles. The van der Waals surface area contributed by atoms with Crippen LogP contribution in [0.15, 0.2) is 42.5 Å². The molecule has 1 saturated heterocycles. The number of hydrogen-bond acceptors (Lipinski definition) is 4. The number of urea groups is 1. The van der Waals surface area contributed by atoms with E-state index < -0.39 is 17.5 Å². The molecule has 2 aromatic rings. The number of nitrogens with zero attached hydrogens (tertiary/aromatic N) is 3. The lowest BCUT2D eigenvalue weighted by molar-refractivity contribution is -0.134. The van der Waals surface area contributed by atoms with E-state index >= 15 is 0 Å². The molecule has 0 atom stereocenters. The molecule has 0 radical (unpaired) electrons. The molecule has 1 aliphatic heterocycles. The van der Waals surface area contributed by atoms with Crippen LogP contribution in [0.1, 0.15) is 85.7 Å². The maximum atomic E-state index is 13.8. The van der Waals surface area contributed by atoms with Gasteiger partial charge in [-0.2, -0.15) is 0 Å². The van der Waals surface area contributed by atoms with E-state index in [4.69, 9.17) is 0 Å². The average Bonchev–Trinajstić information content (AvgIpc) is 3.16. The third kappa shape index (κ3) is 5.11. The van der Waals surface area contributed by atoms with Crippen LogP contribution >= 0.6 is 0 Å². The van der Waals surface area contributed by atoms with Crippen LogP contribution in [0.5, 0.6) is 0 Å². The van der Waals surface area contributed by atoms with Crippen molar-refractivity contribution in [2.24, 2.45) is 0 Å². The summed E-state index contributed by atoms with van der Waals surface area (Å²) in [5.41, 5.74) is 2.48. The fourth-order valence-electron chi connectivity index (χ4n) is 6.83. The van der Waals surface area contributed by atoms with Crippen molar-refractivity contribution in [3.63, 3.8) is 0 Å². The van der Waals surface area contributed by atoms with Gasteiger partial charge in [0.2, 0.25) is 5.91 Å². The van der Waals surface area contributed by atoms with E-state index in [0.29, 0.717) is 29.8 Å². The highest BCUT2D eigenvalue weighted by Gasteiger charge is 2.58. The summed E-state index contributed by atoms with van der Waals surface area (Å²) in [5, 5.41) is 2.92. The van der Waals surface area contributed by atoms with E-state index in [1.54, 1.807) is 4.90 Å². The van der Waals surface area contributed by atoms with Crippen molar-refractivity contribution in [3.8, 4) is 0 Å². The highest BCUT2D eigenvalue weighted by molar-refractivity contribution is 6.18. The molecule has 2 aliphatic carbocycles. The maximum Gasteiger partial charge on any atom is 0.332 e. The van der Waals surface area contributed by atoms with Crippen molar-refractivity contribution < 1.29 is 19.2 Å². The summed E-state index contributed by atoms with van der Waals surface area (Å²) in [6.07, 6.45) is 9.53. The zero-order chi connectivity index (χ0) is 28.4. The van der Waals surface area contributed by atoms with Gasteiger partial charge in [-0.3, -0.25) is 24.2 Å². The number of aryl methyl sites for hydroxylation is 2. The van der Waals surface area contributed by atoms with E-state index in [1.807, 2.05) is 68.3 Å². The van der Waals surface area contributed by atoms with Crippen LogP contribution in [0.3, 0.4) is 0 Å². The lowest BCUT2D eigenvalue weighted by Gasteiger charge is -2.38. The number of benzene rings is 2. The Kier molecular flexibility index (Phi) is 7.97. The third-order valence-corrected chi connectivity index (χ3v) is 8.98. The van der Waals surface area contributed by atoms with Gasteiger partial charge in [-0.05, 0) is 74.9 Å². The molecule has 1 spiro atoms. The maximum absolute atomic E-state index is 13.8. The van der Waals surface area contributed by atoms with Crippen LogP contribution in [-0.4, -0.2) is 58.7 Å². The smallest absolute Gasteiger partial charge is 0.332 e. The molecule has 2 aromatic carbocycles. The Hall–Kier alpha value is -3.68. The second-order valence-electron chi connectivity index (χ2n) is 11.7. The number of anilines is 2. The molecule has 5 amide bonds. The second kappa shape index (κ2) is 11.4. The zero-order valence-electron chi connectivity index (χ0n) is 23.9. The van der Waals surface area contributed by atoms with E-state index in [1.165, 1.54) is 6.42 Å². The molecule has 8 nitrogen and oxygen atoms in total. The van der Waals surface area contributed by atoms with Gasteiger partial charge in [0, 0.05) is 30.0 Å². The zero-order valence-corrected chi connectivity index (χ0v) is 23.9. The number of carbonyl (C=O) groups is 4. The summed E-state index contributed by atoms with van der Waals surface area (Å²) < 4.78 is 0. The molecule has 0 unspecified atom stereocenters. The molecule has 212 valence electrons. The van der Waals surface area contributed by atoms with E-state index in [9.17, 15) is 19.2 Å². The molecule has 1 heterocycles. The Morgan fingerprint density at radius 3 is 2.15 bits per heavy atom. The normalized spacial score (nSPS) is 19.3.